The fourth-order valence-electron chi connectivity index (χ4n) is 2.92. The molecule has 0 amide bonds. The molecule has 2 aromatic rings. The molecule has 1 fully saturated rings. The van der Waals surface area contributed by atoms with Gasteiger partial charge in [-0.15, -0.1) is 11.8 Å². The molecule has 0 radical (unpaired) electrons. The zero-order valence-electron chi connectivity index (χ0n) is 12.9. The number of hydrogen-bond acceptors (Lipinski definition) is 3. The monoisotopic (exact) mass is 311 g/mol. The summed E-state index contributed by atoms with van der Waals surface area (Å²) in [7, 11) is 0. The minimum atomic E-state index is 0.107. The van der Waals surface area contributed by atoms with Crippen molar-refractivity contribution in [2.24, 2.45) is 0 Å². The predicted octanol–water partition coefficient (Wildman–Crippen LogP) is 4.24. The van der Waals surface area contributed by atoms with E-state index in [2.05, 4.69) is 11.0 Å². The van der Waals surface area contributed by atoms with Gasteiger partial charge in [0.15, 0.2) is 5.78 Å². The van der Waals surface area contributed by atoms with Gasteiger partial charge in [-0.25, -0.2) is 0 Å². The van der Waals surface area contributed by atoms with E-state index in [1.807, 2.05) is 48.7 Å². The largest absolute Gasteiger partial charge is 0.299 e. The van der Waals surface area contributed by atoms with E-state index < -0.39 is 0 Å². The van der Waals surface area contributed by atoms with Gasteiger partial charge in [0, 0.05) is 22.6 Å². The van der Waals surface area contributed by atoms with E-state index in [1.165, 1.54) is 36.4 Å². The summed E-state index contributed by atoms with van der Waals surface area (Å²) in [6.07, 6.45) is 4.62. The molecule has 0 aromatic heterocycles. The molecule has 2 nitrogen and oxygen atoms in total. The van der Waals surface area contributed by atoms with Gasteiger partial charge in [0.2, 0.25) is 0 Å². The van der Waals surface area contributed by atoms with Gasteiger partial charge in [0.1, 0.15) is 0 Å². The SMILES string of the molecule is CSc1ccc(C(=O)c2cccc(CN3CCCC3)c2)cc1. The Labute approximate surface area is 136 Å². The van der Waals surface area contributed by atoms with Crippen LogP contribution in [-0.2, 0) is 6.54 Å². The Morgan fingerprint density at radius 1 is 1.05 bits per heavy atom. The number of thioether (sulfide) groups is 1. The number of benzene rings is 2. The van der Waals surface area contributed by atoms with Crippen LogP contribution < -0.4 is 0 Å². The fourth-order valence-corrected chi connectivity index (χ4v) is 3.33. The molecule has 0 aliphatic carbocycles. The summed E-state index contributed by atoms with van der Waals surface area (Å²) in [6, 6.07) is 15.9. The van der Waals surface area contributed by atoms with Crippen molar-refractivity contribution in [3.8, 4) is 0 Å². The standard InChI is InChI=1S/C19H21NOS/c1-22-18-9-7-16(8-10-18)19(21)17-6-4-5-15(13-17)14-20-11-2-3-12-20/h4-10,13H,2-3,11-12,14H2,1H3. The highest BCUT2D eigenvalue weighted by Gasteiger charge is 2.13. The van der Waals surface area contributed by atoms with Crippen LogP contribution >= 0.6 is 11.8 Å². The number of carbonyl (C=O) groups is 1. The number of ketones is 1. The topological polar surface area (TPSA) is 20.3 Å². The molecular weight excluding hydrogens is 290 g/mol. The van der Waals surface area contributed by atoms with Crippen LogP contribution in [0.3, 0.4) is 0 Å². The van der Waals surface area contributed by atoms with Crippen molar-refractivity contribution in [1.82, 2.24) is 4.90 Å². The highest BCUT2D eigenvalue weighted by molar-refractivity contribution is 7.98. The Hall–Kier alpha value is -1.58. The molecule has 3 rings (SSSR count). The fraction of sp³-hybridized carbons (Fsp3) is 0.316. The predicted molar refractivity (Wildman–Crippen MR) is 92.6 cm³/mol. The highest BCUT2D eigenvalue weighted by atomic mass is 32.2. The van der Waals surface area contributed by atoms with E-state index in [-0.39, 0.29) is 5.78 Å². The van der Waals surface area contributed by atoms with Crippen LogP contribution in [0, 0.1) is 0 Å². The van der Waals surface area contributed by atoms with Gasteiger partial charge in [0.25, 0.3) is 0 Å². The van der Waals surface area contributed by atoms with Crippen LogP contribution in [0.1, 0.15) is 34.3 Å². The molecule has 22 heavy (non-hydrogen) atoms. The molecule has 0 bridgehead atoms. The van der Waals surface area contributed by atoms with E-state index in [0.717, 1.165) is 17.7 Å². The quantitative estimate of drug-likeness (QED) is 0.608. The lowest BCUT2D eigenvalue weighted by molar-refractivity contribution is 0.103. The second-order valence-electron chi connectivity index (χ2n) is 5.74. The number of likely N-dealkylation sites (tertiary alicyclic amines) is 1. The van der Waals surface area contributed by atoms with Gasteiger partial charge in [-0.05, 0) is 68.1 Å². The second kappa shape index (κ2) is 7.12. The van der Waals surface area contributed by atoms with Gasteiger partial charge < -0.3 is 0 Å². The summed E-state index contributed by atoms with van der Waals surface area (Å²) in [5.74, 6) is 0.107. The third-order valence-corrected chi connectivity index (χ3v) is 4.89. The molecule has 0 saturated carbocycles. The van der Waals surface area contributed by atoms with E-state index >= 15 is 0 Å². The third kappa shape index (κ3) is 3.60. The van der Waals surface area contributed by atoms with Crippen LogP contribution in [0.5, 0.6) is 0 Å². The molecule has 1 saturated heterocycles. The van der Waals surface area contributed by atoms with Crippen molar-refractivity contribution in [3.63, 3.8) is 0 Å². The average Bonchev–Trinajstić information content (AvgIpc) is 3.07. The van der Waals surface area contributed by atoms with Crippen molar-refractivity contribution < 1.29 is 4.79 Å². The van der Waals surface area contributed by atoms with Crippen molar-refractivity contribution >= 4 is 17.5 Å². The van der Waals surface area contributed by atoms with Gasteiger partial charge in [-0.2, -0.15) is 0 Å². The smallest absolute Gasteiger partial charge is 0.193 e. The summed E-state index contributed by atoms with van der Waals surface area (Å²) in [5, 5.41) is 0. The molecule has 114 valence electrons. The van der Waals surface area contributed by atoms with Crippen molar-refractivity contribution in [2.45, 2.75) is 24.3 Å². The van der Waals surface area contributed by atoms with Crippen molar-refractivity contribution in [3.05, 3.63) is 65.2 Å². The Kier molecular flexibility index (Phi) is 4.96. The molecule has 1 aliphatic rings. The first-order valence-electron chi connectivity index (χ1n) is 7.76. The maximum atomic E-state index is 12.6. The molecule has 0 N–H and O–H groups in total. The first-order chi connectivity index (χ1) is 10.8. The lowest BCUT2D eigenvalue weighted by Crippen LogP contribution is -2.18. The normalized spacial score (nSPS) is 15.1. The Balaban J connectivity index is 1.76. The van der Waals surface area contributed by atoms with Crippen molar-refractivity contribution in [2.75, 3.05) is 19.3 Å². The average molecular weight is 311 g/mol. The van der Waals surface area contributed by atoms with E-state index in [4.69, 9.17) is 0 Å². The zero-order valence-corrected chi connectivity index (χ0v) is 13.7. The summed E-state index contributed by atoms with van der Waals surface area (Å²) in [5.41, 5.74) is 2.78. The Bertz CT molecular complexity index is 645. The van der Waals surface area contributed by atoms with Gasteiger partial charge >= 0.3 is 0 Å². The van der Waals surface area contributed by atoms with Crippen LogP contribution in [0.25, 0.3) is 0 Å². The van der Waals surface area contributed by atoms with Gasteiger partial charge in [-0.3, -0.25) is 9.69 Å². The lowest BCUT2D eigenvalue weighted by atomic mass is 10.0. The molecule has 0 unspecified atom stereocenters. The molecule has 2 aromatic carbocycles. The highest BCUT2D eigenvalue weighted by Crippen LogP contribution is 2.19. The first kappa shape index (κ1) is 15.3. The molecular formula is C19H21NOS. The zero-order chi connectivity index (χ0) is 15.4. The number of rotatable bonds is 5. The molecule has 0 atom stereocenters. The number of hydrogen-bond donors (Lipinski definition) is 0. The second-order valence-corrected chi connectivity index (χ2v) is 6.62. The van der Waals surface area contributed by atoms with Crippen LogP contribution in [0.4, 0.5) is 0 Å². The van der Waals surface area contributed by atoms with E-state index in [9.17, 15) is 4.79 Å². The van der Waals surface area contributed by atoms with Gasteiger partial charge in [-0.1, -0.05) is 18.2 Å². The van der Waals surface area contributed by atoms with Crippen LogP contribution in [0.15, 0.2) is 53.4 Å². The maximum Gasteiger partial charge on any atom is 0.193 e. The molecule has 3 heteroatoms. The summed E-state index contributed by atoms with van der Waals surface area (Å²) in [4.78, 5) is 16.3. The Morgan fingerprint density at radius 2 is 1.77 bits per heavy atom. The molecule has 0 spiro atoms. The molecule has 1 heterocycles. The van der Waals surface area contributed by atoms with E-state index in [1.54, 1.807) is 11.8 Å². The lowest BCUT2D eigenvalue weighted by Gasteiger charge is -2.15. The van der Waals surface area contributed by atoms with E-state index in [0.29, 0.717) is 0 Å². The summed E-state index contributed by atoms with van der Waals surface area (Å²) < 4.78 is 0. The molecule has 1 aliphatic heterocycles. The third-order valence-electron chi connectivity index (χ3n) is 4.15. The Morgan fingerprint density at radius 3 is 2.45 bits per heavy atom. The van der Waals surface area contributed by atoms with Gasteiger partial charge in [0.05, 0.1) is 0 Å². The number of carbonyl (C=O) groups excluding carboxylic acids is 1. The van der Waals surface area contributed by atoms with Crippen LogP contribution in [0.2, 0.25) is 0 Å². The summed E-state index contributed by atoms with van der Waals surface area (Å²) >= 11 is 1.69. The first-order valence-corrected chi connectivity index (χ1v) is 8.99. The van der Waals surface area contributed by atoms with Crippen LogP contribution in [-0.4, -0.2) is 30.0 Å². The minimum Gasteiger partial charge on any atom is -0.299 e. The minimum absolute atomic E-state index is 0.107. The van der Waals surface area contributed by atoms with Crippen molar-refractivity contribution in [1.29, 1.82) is 0 Å². The number of nitrogens with zero attached hydrogens (tertiary/aromatic N) is 1. The summed E-state index contributed by atoms with van der Waals surface area (Å²) in [6.45, 7) is 3.30. The maximum absolute atomic E-state index is 12.6.